The van der Waals surface area contributed by atoms with E-state index in [1.165, 1.54) is 0 Å². The van der Waals surface area contributed by atoms with Crippen LogP contribution in [0.1, 0.15) is 12.5 Å². The standard InChI is InChI=1S/C14H21N3O/c1-12-9-15-7-8-17(12)11-14(18)16-10-13-5-3-2-4-6-13/h2-6,12,15H,7-11H2,1H3,(H,16,18). The molecule has 1 atom stereocenters. The van der Waals surface area contributed by atoms with Crippen molar-refractivity contribution >= 4 is 5.91 Å². The Hall–Kier alpha value is -1.39. The highest BCUT2D eigenvalue weighted by atomic mass is 16.2. The fourth-order valence-corrected chi connectivity index (χ4v) is 2.15. The molecular formula is C14H21N3O. The number of rotatable bonds is 4. The van der Waals surface area contributed by atoms with Crippen molar-refractivity contribution in [3.05, 3.63) is 35.9 Å². The van der Waals surface area contributed by atoms with Gasteiger partial charge in [-0.1, -0.05) is 30.3 Å². The van der Waals surface area contributed by atoms with Crippen LogP contribution in [0.5, 0.6) is 0 Å². The Kier molecular flexibility index (Phi) is 4.73. The van der Waals surface area contributed by atoms with Crippen LogP contribution in [0.25, 0.3) is 0 Å². The third-order valence-corrected chi connectivity index (χ3v) is 3.32. The monoisotopic (exact) mass is 247 g/mol. The maximum Gasteiger partial charge on any atom is 0.234 e. The molecule has 1 aromatic rings. The minimum absolute atomic E-state index is 0.104. The van der Waals surface area contributed by atoms with Crippen LogP contribution in [-0.4, -0.2) is 43.0 Å². The average Bonchev–Trinajstić information content (AvgIpc) is 2.40. The van der Waals surface area contributed by atoms with Crippen LogP contribution in [0.2, 0.25) is 0 Å². The number of carbonyl (C=O) groups is 1. The lowest BCUT2D eigenvalue weighted by atomic mass is 10.2. The largest absolute Gasteiger partial charge is 0.351 e. The van der Waals surface area contributed by atoms with Crippen molar-refractivity contribution < 1.29 is 4.79 Å². The van der Waals surface area contributed by atoms with Gasteiger partial charge in [0.1, 0.15) is 0 Å². The van der Waals surface area contributed by atoms with E-state index in [4.69, 9.17) is 0 Å². The number of carbonyl (C=O) groups excluding carboxylic acids is 1. The van der Waals surface area contributed by atoms with E-state index in [-0.39, 0.29) is 5.91 Å². The molecule has 2 rings (SSSR count). The van der Waals surface area contributed by atoms with Gasteiger partial charge in [0, 0.05) is 32.2 Å². The van der Waals surface area contributed by atoms with Crippen molar-refractivity contribution in [3.8, 4) is 0 Å². The van der Waals surface area contributed by atoms with Crippen LogP contribution in [0.15, 0.2) is 30.3 Å². The van der Waals surface area contributed by atoms with Crippen molar-refractivity contribution in [1.82, 2.24) is 15.5 Å². The van der Waals surface area contributed by atoms with Crippen molar-refractivity contribution in [1.29, 1.82) is 0 Å². The van der Waals surface area contributed by atoms with Crippen molar-refractivity contribution in [3.63, 3.8) is 0 Å². The van der Waals surface area contributed by atoms with Gasteiger partial charge in [0.15, 0.2) is 0 Å². The zero-order valence-electron chi connectivity index (χ0n) is 10.9. The Bertz CT molecular complexity index is 380. The number of benzene rings is 1. The molecule has 98 valence electrons. The van der Waals surface area contributed by atoms with Gasteiger partial charge in [0.2, 0.25) is 5.91 Å². The first-order valence-corrected chi connectivity index (χ1v) is 6.51. The van der Waals surface area contributed by atoms with Crippen LogP contribution in [0.3, 0.4) is 0 Å². The van der Waals surface area contributed by atoms with Crippen LogP contribution in [-0.2, 0) is 11.3 Å². The average molecular weight is 247 g/mol. The summed E-state index contributed by atoms with van der Waals surface area (Å²) in [6.45, 7) is 6.13. The van der Waals surface area contributed by atoms with Gasteiger partial charge in [-0.05, 0) is 12.5 Å². The smallest absolute Gasteiger partial charge is 0.234 e. The number of hydrogen-bond acceptors (Lipinski definition) is 3. The second kappa shape index (κ2) is 6.52. The zero-order valence-corrected chi connectivity index (χ0v) is 10.9. The van der Waals surface area contributed by atoms with Crippen molar-refractivity contribution in [2.75, 3.05) is 26.2 Å². The van der Waals surface area contributed by atoms with Gasteiger partial charge in [-0.25, -0.2) is 0 Å². The molecule has 0 saturated carbocycles. The van der Waals surface area contributed by atoms with Gasteiger partial charge in [0.25, 0.3) is 0 Å². The highest BCUT2D eigenvalue weighted by molar-refractivity contribution is 5.78. The fraction of sp³-hybridized carbons (Fsp3) is 0.500. The number of nitrogens with zero attached hydrogens (tertiary/aromatic N) is 1. The molecule has 18 heavy (non-hydrogen) atoms. The first-order valence-electron chi connectivity index (χ1n) is 6.51. The summed E-state index contributed by atoms with van der Waals surface area (Å²) in [5.41, 5.74) is 1.14. The second-order valence-corrected chi connectivity index (χ2v) is 4.79. The van der Waals surface area contributed by atoms with Gasteiger partial charge >= 0.3 is 0 Å². The summed E-state index contributed by atoms with van der Waals surface area (Å²) in [7, 11) is 0. The Labute approximate surface area is 108 Å². The fourth-order valence-electron chi connectivity index (χ4n) is 2.15. The zero-order chi connectivity index (χ0) is 12.8. The van der Waals surface area contributed by atoms with E-state index < -0.39 is 0 Å². The lowest BCUT2D eigenvalue weighted by molar-refractivity contribution is -0.123. The summed E-state index contributed by atoms with van der Waals surface area (Å²) in [6, 6.07) is 10.4. The van der Waals surface area contributed by atoms with Gasteiger partial charge in [0.05, 0.1) is 6.54 Å². The van der Waals surface area contributed by atoms with Crippen LogP contribution in [0.4, 0.5) is 0 Å². The topological polar surface area (TPSA) is 44.4 Å². The number of amides is 1. The van der Waals surface area contributed by atoms with Gasteiger partial charge < -0.3 is 10.6 Å². The molecule has 1 aliphatic heterocycles. The summed E-state index contributed by atoms with van der Waals surface area (Å²) in [5, 5.41) is 6.29. The molecule has 1 heterocycles. The molecule has 1 unspecified atom stereocenters. The lowest BCUT2D eigenvalue weighted by Crippen LogP contribution is -2.52. The minimum Gasteiger partial charge on any atom is -0.351 e. The molecule has 0 radical (unpaired) electrons. The molecule has 0 bridgehead atoms. The normalized spacial score (nSPS) is 20.6. The predicted molar refractivity (Wildman–Crippen MR) is 72.2 cm³/mol. The number of nitrogens with one attached hydrogen (secondary N) is 2. The predicted octanol–water partition coefficient (Wildman–Crippen LogP) is 0.597. The third kappa shape index (κ3) is 3.82. The third-order valence-electron chi connectivity index (χ3n) is 3.32. The molecule has 0 aromatic heterocycles. The van der Waals surface area contributed by atoms with E-state index in [9.17, 15) is 4.79 Å². The Morgan fingerprint density at radius 2 is 2.22 bits per heavy atom. The maximum atomic E-state index is 11.9. The lowest BCUT2D eigenvalue weighted by Gasteiger charge is -2.33. The van der Waals surface area contributed by atoms with E-state index in [1.54, 1.807) is 0 Å². The molecule has 4 nitrogen and oxygen atoms in total. The van der Waals surface area contributed by atoms with Crippen molar-refractivity contribution in [2.24, 2.45) is 0 Å². The molecule has 4 heteroatoms. The molecule has 1 saturated heterocycles. The summed E-state index contributed by atoms with van der Waals surface area (Å²) < 4.78 is 0. The summed E-state index contributed by atoms with van der Waals surface area (Å²) >= 11 is 0. The molecule has 0 aliphatic carbocycles. The summed E-state index contributed by atoms with van der Waals surface area (Å²) in [6.07, 6.45) is 0. The first-order chi connectivity index (χ1) is 8.75. The first kappa shape index (κ1) is 13.1. The molecule has 1 aliphatic rings. The van der Waals surface area contributed by atoms with E-state index >= 15 is 0 Å². The summed E-state index contributed by atoms with van der Waals surface area (Å²) in [5.74, 6) is 0.104. The molecule has 2 N–H and O–H groups in total. The second-order valence-electron chi connectivity index (χ2n) is 4.79. The van der Waals surface area contributed by atoms with Gasteiger partial charge in [-0.2, -0.15) is 0 Å². The molecular weight excluding hydrogens is 226 g/mol. The van der Waals surface area contributed by atoms with Gasteiger partial charge in [-0.15, -0.1) is 0 Å². The van der Waals surface area contributed by atoms with E-state index in [1.807, 2.05) is 30.3 Å². The van der Waals surface area contributed by atoms with E-state index in [0.29, 0.717) is 19.1 Å². The Balaban J connectivity index is 1.75. The number of piperazine rings is 1. The SMILES string of the molecule is CC1CNCCN1CC(=O)NCc1ccccc1. The highest BCUT2D eigenvalue weighted by Crippen LogP contribution is 2.02. The Morgan fingerprint density at radius 1 is 1.44 bits per heavy atom. The molecule has 1 amide bonds. The maximum absolute atomic E-state index is 11.9. The van der Waals surface area contributed by atoms with E-state index in [2.05, 4.69) is 22.5 Å². The molecule has 1 fully saturated rings. The quantitative estimate of drug-likeness (QED) is 0.819. The summed E-state index contributed by atoms with van der Waals surface area (Å²) in [4.78, 5) is 14.1. The van der Waals surface area contributed by atoms with E-state index in [0.717, 1.165) is 25.2 Å². The van der Waals surface area contributed by atoms with Crippen LogP contribution >= 0.6 is 0 Å². The molecule has 0 spiro atoms. The van der Waals surface area contributed by atoms with Crippen LogP contribution < -0.4 is 10.6 Å². The van der Waals surface area contributed by atoms with Gasteiger partial charge in [-0.3, -0.25) is 9.69 Å². The Morgan fingerprint density at radius 3 is 2.94 bits per heavy atom. The number of hydrogen-bond donors (Lipinski definition) is 2. The van der Waals surface area contributed by atoms with Crippen molar-refractivity contribution in [2.45, 2.75) is 19.5 Å². The van der Waals surface area contributed by atoms with Crippen LogP contribution in [0, 0.1) is 0 Å². The highest BCUT2D eigenvalue weighted by Gasteiger charge is 2.19. The minimum atomic E-state index is 0.104. The molecule has 1 aromatic carbocycles.